The number of nitrogens with two attached hydrogens (primary N) is 1. The molecule has 2 heterocycles. The highest BCUT2D eigenvalue weighted by Crippen LogP contribution is 2.26. The lowest BCUT2D eigenvalue weighted by atomic mass is 9.94. The highest BCUT2D eigenvalue weighted by Gasteiger charge is 2.19. The predicted molar refractivity (Wildman–Crippen MR) is 76.9 cm³/mol. The second kappa shape index (κ2) is 6.24. The van der Waals surface area contributed by atoms with Crippen LogP contribution in [0.25, 0.3) is 0 Å². The van der Waals surface area contributed by atoms with Gasteiger partial charge in [-0.1, -0.05) is 25.1 Å². The second-order valence-corrected chi connectivity index (χ2v) is 5.35. The third-order valence-electron chi connectivity index (χ3n) is 3.54. The summed E-state index contributed by atoms with van der Waals surface area (Å²) in [5.41, 5.74) is 2.61. The van der Waals surface area contributed by atoms with Gasteiger partial charge in [0.25, 0.3) is 0 Å². The smallest absolute Gasteiger partial charge is 0.191 e. The molecule has 1 fully saturated rings. The van der Waals surface area contributed by atoms with E-state index in [1.807, 2.05) is 12.3 Å². The fraction of sp³-hybridized carbons (Fsp3) is 0.667. The van der Waals surface area contributed by atoms with Crippen molar-refractivity contribution in [2.45, 2.75) is 31.3 Å². The van der Waals surface area contributed by atoms with Crippen molar-refractivity contribution in [2.75, 3.05) is 29.7 Å². The molecule has 6 heteroatoms. The summed E-state index contributed by atoms with van der Waals surface area (Å²) in [7, 11) is 0. The van der Waals surface area contributed by atoms with Gasteiger partial charge in [-0.2, -0.15) is 0 Å². The standard InChI is InChI=1S/C12H21N5S/c1-3-9-4-6-17(7-5-9)11-8-10(16-13)14-12(15-11)18-2/h8-9H,3-7,13H2,1-2H3,(H,14,15,16). The molecule has 0 spiro atoms. The summed E-state index contributed by atoms with van der Waals surface area (Å²) in [4.78, 5) is 11.2. The molecule has 100 valence electrons. The van der Waals surface area contributed by atoms with Crippen molar-refractivity contribution in [2.24, 2.45) is 11.8 Å². The summed E-state index contributed by atoms with van der Waals surface area (Å²) in [6.45, 7) is 4.42. The summed E-state index contributed by atoms with van der Waals surface area (Å²) in [5.74, 6) is 7.98. The van der Waals surface area contributed by atoms with E-state index in [1.165, 1.54) is 31.0 Å². The summed E-state index contributed by atoms with van der Waals surface area (Å²) < 4.78 is 0. The second-order valence-electron chi connectivity index (χ2n) is 4.58. The number of nitrogen functional groups attached to an aromatic ring is 1. The number of nitrogens with one attached hydrogen (secondary N) is 1. The molecule has 3 N–H and O–H groups in total. The van der Waals surface area contributed by atoms with E-state index in [1.54, 1.807) is 0 Å². The van der Waals surface area contributed by atoms with Crippen molar-refractivity contribution >= 4 is 23.4 Å². The molecule has 0 aliphatic carbocycles. The van der Waals surface area contributed by atoms with Gasteiger partial charge in [-0.25, -0.2) is 15.8 Å². The minimum absolute atomic E-state index is 0.682. The highest BCUT2D eigenvalue weighted by atomic mass is 32.2. The maximum atomic E-state index is 5.45. The van der Waals surface area contributed by atoms with Crippen LogP contribution in [0, 0.1) is 5.92 Å². The molecule has 0 bridgehead atoms. The Hall–Kier alpha value is -1.01. The third-order valence-corrected chi connectivity index (χ3v) is 4.09. The number of rotatable bonds is 4. The zero-order valence-electron chi connectivity index (χ0n) is 11.0. The maximum absolute atomic E-state index is 5.45. The summed E-state index contributed by atoms with van der Waals surface area (Å²) >= 11 is 1.54. The molecule has 0 aromatic carbocycles. The average Bonchev–Trinajstić information content (AvgIpc) is 2.46. The summed E-state index contributed by atoms with van der Waals surface area (Å²) in [5, 5.41) is 0.762. The lowest BCUT2D eigenvalue weighted by Gasteiger charge is -2.32. The zero-order valence-corrected chi connectivity index (χ0v) is 11.8. The fourth-order valence-corrected chi connectivity index (χ4v) is 2.68. The van der Waals surface area contributed by atoms with Gasteiger partial charge in [-0.15, -0.1) is 0 Å². The molecule has 0 radical (unpaired) electrons. The SMILES string of the molecule is CCC1CCN(c2cc(NN)nc(SC)n2)CC1. The quantitative estimate of drug-likeness (QED) is 0.377. The molecule has 0 atom stereocenters. The van der Waals surface area contributed by atoms with Crippen LogP contribution in [0.15, 0.2) is 11.2 Å². The molecule has 1 aromatic rings. The Morgan fingerprint density at radius 1 is 1.44 bits per heavy atom. The van der Waals surface area contributed by atoms with Crippen LogP contribution in [0.2, 0.25) is 0 Å². The molecule has 1 aromatic heterocycles. The molecular formula is C12H21N5S. The zero-order chi connectivity index (χ0) is 13.0. The van der Waals surface area contributed by atoms with Gasteiger partial charge < -0.3 is 10.3 Å². The molecule has 0 amide bonds. The Labute approximate surface area is 113 Å². The van der Waals surface area contributed by atoms with Crippen molar-refractivity contribution in [3.05, 3.63) is 6.07 Å². The van der Waals surface area contributed by atoms with Gasteiger partial charge in [0, 0.05) is 19.2 Å². The van der Waals surface area contributed by atoms with Crippen LogP contribution in [0.4, 0.5) is 11.6 Å². The molecular weight excluding hydrogens is 246 g/mol. The van der Waals surface area contributed by atoms with E-state index in [0.29, 0.717) is 5.82 Å². The number of hydrogen-bond donors (Lipinski definition) is 2. The van der Waals surface area contributed by atoms with Gasteiger partial charge in [0.05, 0.1) is 0 Å². The van der Waals surface area contributed by atoms with E-state index >= 15 is 0 Å². The molecule has 0 saturated carbocycles. The van der Waals surface area contributed by atoms with E-state index in [0.717, 1.165) is 30.0 Å². The number of hydrazine groups is 1. The highest BCUT2D eigenvalue weighted by molar-refractivity contribution is 7.98. The van der Waals surface area contributed by atoms with Crippen LogP contribution in [0.5, 0.6) is 0 Å². The van der Waals surface area contributed by atoms with Crippen LogP contribution in [0.3, 0.4) is 0 Å². The van der Waals surface area contributed by atoms with Crippen molar-refractivity contribution in [1.82, 2.24) is 9.97 Å². The van der Waals surface area contributed by atoms with Gasteiger partial charge in [0.2, 0.25) is 0 Å². The molecule has 0 unspecified atom stereocenters. The van der Waals surface area contributed by atoms with Gasteiger partial charge in [0.1, 0.15) is 11.6 Å². The largest absolute Gasteiger partial charge is 0.356 e. The van der Waals surface area contributed by atoms with E-state index in [4.69, 9.17) is 5.84 Å². The third kappa shape index (κ3) is 3.05. The van der Waals surface area contributed by atoms with Crippen LogP contribution in [0.1, 0.15) is 26.2 Å². The van der Waals surface area contributed by atoms with E-state index in [2.05, 4.69) is 27.2 Å². The normalized spacial score (nSPS) is 16.9. The molecule has 1 aliphatic heterocycles. The predicted octanol–water partition coefficient (Wildman–Crippen LogP) is 2.11. The number of thioether (sulfide) groups is 1. The summed E-state index contributed by atoms with van der Waals surface area (Å²) in [6, 6.07) is 1.92. The fourth-order valence-electron chi connectivity index (χ4n) is 2.31. The number of hydrogen-bond acceptors (Lipinski definition) is 6. The van der Waals surface area contributed by atoms with Gasteiger partial charge in [-0.05, 0) is 25.0 Å². The van der Waals surface area contributed by atoms with Crippen LogP contribution >= 0.6 is 11.8 Å². The maximum Gasteiger partial charge on any atom is 0.191 e. The Kier molecular flexibility index (Phi) is 4.66. The first-order chi connectivity index (χ1) is 8.76. The van der Waals surface area contributed by atoms with Crippen LogP contribution < -0.4 is 16.2 Å². The first-order valence-corrected chi connectivity index (χ1v) is 7.64. The van der Waals surface area contributed by atoms with E-state index in [-0.39, 0.29) is 0 Å². The summed E-state index contributed by atoms with van der Waals surface area (Å²) in [6.07, 6.45) is 5.76. The van der Waals surface area contributed by atoms with Crippen LogP contribution in [-0.4, -0.2) is 29.3 Å². The minimum atomic E-state index is 0.682. The van der Waals surface area contributed by atoms with Crippen molar-refractivity contribution in [1.29, 1.82) is 0 Å². The number of nitrogens with zero attached hydrogens (tertiary/aromatic N) is 3. The lowest BCUT2D eigenvalue weighted by Crippen LogP contribution is -2.34. The Morgan fingerprint density at radius 3 is 2.72 bits per heavy atom. The molecule has 1 aliphatic rings. The Morgan fingerprint density at radius 2 is 2.17 bits per heavy atom. The number of anilines is 2. The first-order valence-electron chi connectivity index (χ1n) is 6.41. The number of aromatic nitrogens is 2. The van der Waals surface area contributed by atoms with E-state index < -0.39 is 0 Å². The number of piperidine rings is 1. The van der Waals surface area contributed by atoms with Crippen molar-refractivity contribution in [3.8, 4) is 0 Å². The van der Waals surface area contributed by atoms with Crippen LogP contribution in [-0.2, 0) is 0 Å². The Balaban J connectivity index is 2.13. The average molecular weight is 267 g/mol. The molecule has 18 heavy (non-hydrogen) atoms. The van der Waals surface area contributed by atoms with Crippen molar-refractivity contribution in [3.63, 3.8) is 0 Å². The minimum Gasteiger partial charge on any atom is -0.356 e. The first kappa shape index (κ1) is 13.4. The van der Waals surface area contributed by atoms with Gasteiger partial charge in [-0.3, -0.25) is 0 Å². The molecule has 2 rings (SSSR count). The van der Waals surface area contributed by atoms with Crippen molar-refractivity contribution < 1.29 is 0 Å². The topological polar surface area (TPSA) is 67.1 Å². The Bertz CT molecular complexity index is 368. The lowest BCUT2D eigenvalue weighted by molar-refractivity contribution is 0.393. The van der Waals surface area contributed by atoms with Gasteiger partial charge in [0.15, 0.2) is 5.16 Å². The monoisotopic (exact) mass is 267 g/mol. The molecule has 5 nitrogen and oxygen atoms in total. The van der Waals surface area contributed by atoms with Gasteiger partial charge >= 0.3 is 0 Å². The molecule has 1 saturated heterocycles. The van der Waals surface area contributed by atoms with E-state index in [9.17, 15) is 0 Å².